The number of nitrogens with zero attached hydrogens (tertiary/aromatic N) is 1. The molecule has 8 heteroatoms. The van der Waals surface area contributed by atoms with Crippen LogP contribution in [0.15, 0.2) is 54.6 Å². The van der Waals surface area contributed by atoms with E-state index >= 15 is 0 Å². The van der Waals surface area contributed by atoms with Crippen LogP contribution in [0.2, 0.25) is 0 Å². The number of hydrogen-bond donors (Lipinski definition) is 3. The number of nitrogens with two attached hydrogens (primary N) is 1. The summed E-state index contributed by atoms with van der Waals surface area (Å²) in [5.41, 5.74) is 7.34. The summed E-state index contributed by atoms with van der Waals surface area (Å²) in [6.07, 6.45) is 1.07. The quantitative estimate of drug-likeness (QED) is 0.570. The third kappa shape index (κ3) is 6.55. The molecular weight excluding hydrogens is 420 g/mol. The molecule has 0 unspecified atom stereocenters. The Hall–Kier alpha value is -3.39. The molecule has 176 valence electrons. The predicted molar refractivity (Wildman–Crippen MR) is 126 cm³/mol. The maximum atomic E-state index is 13.2. The van der Waals surface area contributed by atoms with Crippen molar-refractivity contribution in [2.24, 2.45) is 11.1 Å². The zero-order valence-corrected chi connectivity index (χ0v) is 19.0. The standard InChI is InChI=1S/C25H32N4O4/c1-2-19-8-10-21(11-9-19)28-24(32)33-18-25(12-14-29(15-13-25)22(30)16-26)23(31)27-17-20-6-4-3-5-7-20/h3-11H,2,12-18,26H2,1H3,(H,27,31)(H,28,32). The van der Waals surface area contributed by atoms with E-state index in [1.54, 1.807) is 4.90 Å². The smallest absolute Gasteiger partial charge is 0.411 e. The third-order valence-corrected chi connectivity index (χ3v) is 6.11. The molecule has 0 aromatic heterocycles. The molecule has 4 N–H and O–H groups in total. The second-order valence-electron chi connectivity index (χ2n) is 8.29. The Morgan fingerprint density at radius 3 is 2.27 bits per heavy atom. The topological polar surface area (TPSA) is 114 Å². The van der Waals surface area contributed by atoms with Crippen molar-refractivity contribution in [2.45, 2.75) is 32.7 Å². The average molecular weight is 453 g/mol. The lowest BCUT2D eigenvalue weighted by Gasteiger charge is -2.40. The van der Waals surface area contributed by atoms with Gasteiger partial charge < -0.3 is 20.7 Å². The zero-order chi connectivity index (χ0) is 23.7. The minimum absolute atomic E-state index is 0.0665. The molecule has 0 spiro atoms. The lowest BCUT2D eigenvalue weighted by molar-refractivity contribution is -0.142. The maximum Gasteiger partial charge on any atom is 0.411 e. The number of amides is 3. The molecule has 2 aromatic carbocycles. The van der Waals surface area contributed by atoms with Crippen molar-refractivity contribution in [3.8, 4) is 0 Å². The summed E-state index contributed by atoms with van der Waals surface area (Å²) in [5, 5.41) is 5.68. The van der Waals surface area contributed by atoms with E-state index in [-0.39, 0.29) is 25.0 Å². The van der Waals surface area contributed by atoms with Gasteiger partial charge in [0.15, 0.2) is 0 Å². The van der Waals surface area contributed by atoms with Crippen LogP contribution in [0.4, 0.5) is 10.5 Å². The van der Waals surface area contributed by atoms with Crippen LogP contribution >= 0.6 is 0 Å². The van der Waals surface area contributed by atoms with Crippen LogP contribution in [0.1, 0.15) is 30.9 Å². The van der Waals surface area contributed by atoms with Crippen LogP contribution in [-0.2, 0) is 27.3 Å². The number of carbonyl (C=O) groups is 3. The molecule has 3 rings (SSSR count). The fourth-order valence-electron chi connectivity index (χ4n) is 3.90. The summed E-state index contributed by atoms with van der Waals surface area (Å²) in [5.74, 6) is -0.339. The van der Waals surface area contributed by atoms with Crippen LogP contribution in [0.3, 0.4) is 0 Å². The molecule has 0 radical (unpaired) electrons. The summed E-state index contributed by atoms with van der Waals surface area (Å²) < 4.78 is 5.50. The SMILES string of the molecule is CCc1ccc(NC(=O)OCC2(C(=O)NCc3ccccc3)CCN(C(=O)CN)CC2)cc1. The van der Waals surface area contributed by atoms with Crippen molar-refractivity contribution in [3.63, 3.8) is 0 Å². The summed E-state index contributed by atoms with van der Waals surface area (Å²) in [4.78, 5) is 39.3. The first-order chi connectivity index (χ1) is 16.0. The fourth-order valence-corrected chi connectivity index (χ4v) is 3.90. The summed E-state index contributed by atoms with van der Waals surface area (Å²) in [7, 11) is 0. The summed E-state index contributed by atoms with van der Waals surface area (Å²) in [6, 6.07) is 17.1. The number of rotatable bonds is 8. The number of hydrogen-bond acceptors (Lipinski definition) is 5. The third-order valence-electron chi connectivity index (χ3n) is 6.11. The van der Waals surface area contributed by atoms with Gasteiger partial charge >= 0.3 is 6.09 Å². The molecule has 1 aliphatic rings. The summed E-state index contributed by atoms with van der Waals surface area (Å²) >= 11 is 0. The van der Waals surface area contributed by atoms with Crippen LogP contribution in [0.25, 0.3) is 0 Å². The van der Waals surface area contributed by atoms with E-state index in [0.717, 1.165) is 12.0 Å². The lowest BCUT2D eigenvalue weighted by Crippen LogP contribution is -2.53. The fraction of sp³-hybridized carbons (Fsp3) is 0.400. The molecule has 3 amide bonds. The molecule has 1 fully saturated rings. The first kappa shape index (κ1) is 24.3. The Kier molecular flexibility index (Phi) is 8.43. The van der Waals surface area contributed by atoms with E-state index in [1.165, 1.54) is 5.56 Å². The molecule has 1 saturated heterocycles. The van der Waals surface area contributed by atoms with Crippen molar-refractivity contribution < 1.29 is 19.1 Å². The van der Waals surface area contributed by atoms with Crippen molar-refractivity contribution in [3.05, 3.63) is 65.7 Å². The largest absolute Gasteiger partial charge is 0.448 e. The van der Waals surface area contributed by atoms with Gasteiger partial charge in [-0.25, -0.2) is 4.79 Å². The number of likely N-dealkylation sites (tertiary alicyclic amines) is 1. The highest BCUT2D eigenvalue weighted by atomic mass is 16.5. The second kappa shape index (κ2) is 11.5. The normalized spacial score (nSPS) is 14.9. The van der Waals surface area contributed by atoms with E-state index in [2.05, 4.69) is 17.6 Å². The van der Waals surface area contributed by atoms with Crippen molar-refractivity contribution >= 4 is 23.6 Å². The molecule has 1 aliphatic heterocycles. The summed E-state index contributed by atoms with van der Waals surface area (Å²) in [6.45, 7) is 3.07. The van der Waals surface area contributed by atoms with Crippen molar-refractivity contribution in [1.82, 2.24) is 10.2 Å². The predicted octanol–water partition coefficient (Wildman–Crippen LogP) is 2.68. The van der Waals surface area contributed by atoms with Gasteiger partial charge in [0.05, 0.1) is 12.0 Å². The lowest BCUT2D eigenvalue weighted by atomic mass is 9.78. The number of benzene rings is 2. The van der Waals surface area contributed by atoms with Gasteiger partial charge in [0, 0.05) is 25.3 Å². The van der Waals surface area contributed by atoms with Crippen LogP contribution in [0.5, 0.6) is 0 Å². The molecule has 0 bridgehead atoms. The highest BCUT2D eigenvalue weighted by molar-refractivity contribution is 5.86. The number of carbonyl (C=O) groups excluding carboxylic acids is 3. The van der Waals surface area contributed by atoms with Crippen molar-refractivity contribution in [1.29, 1.82) is 0 Å². The Morgan fingerprint density at radius 1 is 1.00 bits per heavy atom. The molecule has 1 heterocycles. The van der Waals surface area contributed by atoms with Gasteiger partial charge in [-0.2, -0.15) is 0 Å². The number of anilines is 1. The first-order valence-electron chi connectivity index (χ1n) is 11.3. The van der Waals surface area contributed by atoms with Gasteiger partial charge in [-0.1, -0.05) is 49.4 Å². The highest BCUT2D eigenvalue weighted by Crippen LogP contribution is 2.33. The molecule has 2 aromatic rings. The Labute approximate surface area is 194 Å². The van der Waals surface area contributed by atoms with E-state index in [9.17, 15) is 14.4 Å². The number of nitrogens with one attached hydrogen (secondary N) is 2. The Balaban J connectivity index is 1.63. The second-order valence-corrected chi connectivity index (χ2v) is 8.29. The van der Waals surface area contributed by atoms with E-state index in [4.69, 9.17) is 10.5 Å². The molecule has 33 heavy (non-hydrogen) atoms. The van der Waals surface area contributed by atoms with E-state index < -0.39 is 11.5 Å². The van der Waals surface area contributed by atoms with Gasteiger partial charge in [0.1, 0.15) is 6.61 Å². The van der Waals surface area contributed by atoms with Gasteiger partial charge in [-0.05, 0) is 42.5 Å². The number of aryl methyl sites for hydroxylation is 1. The van der Waals surface area contributed by atoms with E-state index in [0.29, 0.717) is 38.2 Å². The van der Waals surface area contributed by atoms with Gasteiger partial charge in [0.2, 0.25) is 11.8 Å². The number of piperidine rings is 1. The highest BCUT2D eigenvalue weighted by Gasteiger charge is 2.43. The van der Waals surface area contributed by atoms with Gasteiger partial charge in [-0.3, -0.25) is 14.9 Å². The maximum absolute atomic E-state index is 13.2. The van der Waals surface area contributed by atoms with Crippen LogP contribution < -0.4 is 16.4 Å². The minimum Gasteiger partial charge on any atom is -0.448 e. The molecule has 8 nitrogen and oxygen atoms in total. The van der Waals surface area contributed by atoms with Gasteiger partial charge in [0.25, 0.3) is 0 Å². The molecule has 0 saturated carbocycles. The van der Waals surface area contributed by atoms with E-state index in [1.807, 2.05) is 54.6 Å². The average Bonchev–Trinajstić information content (AvgIpc) is 2.87. The first-order valence-corrected chi connectivity index (χ1v) is 11.3. The molecular formula is C25H32N4O4. The minimum atomic E-state index is -0.913. The Morgan fingerprint density at radius 2 is 1.67 bits per heavy atom. The van der Waals surface area contributed by atoms with Crippen molar-refractivity contribution in [2.75, 3.05) is 31.6 Å². The number of ether oxygens (including phenoxy) is 1. The monoisotopic (exact) mass is 452 g/mol. The van der Waals surface area contributed by atoms with Gasteiger partial charge in [-0.15, -0.1) is 0 Å². The van der Waals surface area contributed by atoms with Crippen LogP contribution in [-0.4, -0.2) is 49.0 Å². The molecule has 0 aliphatic carbocycles. The Bertz CT molecular complexity index is 939. The zero-order valence-electron chi connectivity index (χ0n) is 19.0. The molecule has 0 atom stereocenters. The van der Waals surface area contributed by atoms with Crippen LogP contribution in [0, 0.1) is 5.41 Å².